The topological polar surface area (TPSA) is 230 Å². The lowest BCUT2D eigenvalue weighted by Crippen LogP contribution is -2.53. The third-order valence-corrected chi connectivity index (χ3v) is 16.6. The number of nitrogens with zero attached hydrogens (tertiary/aromatic N) is 8. The number of fused-ring (bicyclic) bond motifs is 2. The highest BCUT2D eigenvalue weighted by Gasteiger charge is 2.44. The number of hydrogen-bond acceptors (Lipinski definition) is 14. The van der Waals surface area contributed by atoms with E-state index < -0.39 is 22.8 Å². The molecule has 20 heteroatoms. The number of ether oxygens (including phenoxy) is 1. The number of carbonyl (C=O) groups is 4. The van der Waals surface area contributed by atoms with Gasteiger partial charge in [-0.1, -0.05) is 24.3 Å². The van der Waals surface area contributed by atoms with Crippen molar-refractivity contribution in [1.29, 1.82) is 0 Å². The molecular weight excluding hydrogens is 955 g/mol. The number of carbonyl (C=O) groups excluding carboxylic acids is 4. The predicted molar refractivity (Wildman–Crippen MR) is 278 cm³/mol. The number of aromatic nitrogens is 4. The third kappa shape index (κ3) is 11.3. The molecule has 0 unspecified atom stereocenters. The van der Waals surface area contributed by atoms with Crippen LogP contribution in [0, 0.1) is 24.0 Å². The molecule has 0 bridgehead atoms. The molecule has 4 aliphatic rings. The Morgan fingerprint density at radius 1 is 0.667 bits per heavy atom. The lowest BCUT2D eigenvalue weighted by atomic mass is 9.85. The Morgan fingerprint density at radius 2 is 1.17 bits per heavy atom. The van der Waals surface area contributed by atoms with E-state index in [0.29, 0.717) is 18.6 Å². The van der Waals surface area contributed by atoms with Crippen LogP contribution in [0.25, 0.3) is 20.2 Å². The highest BCUT2D eigenvalue weighted by molar-refractivity contribution is 7.19. The molecule has 4 saturated heterocycles. The lowest BCUT2D eigenvalue weighted by molar-refractivity contribution is -0.384. The molecule has 0 radical (unpaired) electrons. The van der Waals surface area contributed by atoms with Crippen molar-refractivity contribution in [2.24, 2.45) is 11.5 Å². The minimum Gasteiger partial charge on any atom is -0.409 e. The fraction of sp³-hybridized carbons (Fsp3) is 0.385. The standard InChI is InChI=1S/C23H27N5O2S.C18H24N2S.C11H8N4O5/c1-16-3-4-17-14-18(31-20(17)13-16)15-27-9-2-6-23(27)7-11-26(12-8-23)22(30)28-10-5-19(25-28)21(24)29;1-14-3-4-15-12-16(21-17(15)11-14)13-20-10-2-5-18(20)6-8-19-9-7-18;12-10(16)9-5-6-14(13-9)11(17)20-8-3-1-7(2-4-8)15(18)19/h3-5,10,13-14H,2,6-9,11-12,15H2,1H3,(H2,24,29);3-4,11-12,19H,2,5-10,13H2,1H3;1-6H,(H2,12,16). The minimum absolute atomic E-state index is 0.0781. The molecule has 4 aromatic heterocycles. The van der Waals surface area contributed by atoms with Gasteiger partial charge in [-0.05, 0) is 162 Å². The number of piperidine rings is 2. The summed E-state index contributed by atoms with van der Waals surface area (Å²) in [7, 11) is 0. The molecule has 5 N–H and O–H groups in total. The van der Waals surface area contributed by atoms with Crippen LogP contribution in [0.1, 0.15) is 93.2 Å². The number of nitro benzene ring substituents is 1. The number of rotatable bonds is 8. The molecule has 0 atom stereocenters. The number of benzene rings is 3. The number of hydrogen-bond donors (Lipinski definition) is 3. The van der Waals surface area contributed by atoms with Gasteiger partial charge in [-0.2, -0.15) is 19.6 Å². The van der Waals surface area contributed by atoms with Crippen LogP contribution in [-0.4, -0.2) is 113 Å². The number of likely N-dealkylation sites (tertiary alicyclic amines) is 3. The van der Waals surface area contributed by atoms with Crippen LogP contribution in [0.15, 0.2) is 97.3 Å². The molecule has 7 aromatic rings. The first-order valence-electron chi connectivity index (χ1n) is 24.3. The Balaban J connectivity index is 0.000000138. The number of nitrogens with two attached hydrogens (primary N) is 2. The second kappa shape index (κ2) is 21.5. The Labute approximate surface area is 424 Å². The number of thiophene rings is 2. The molecule has 8 heterocycles. The van der Waals surface area contributed by atoms with Crippen LogP contribution in [0.4, 0.5) is 15.3 Å². The van der Waals surface area contributed by atoms with E-state index in [9.17, 15) is 29.3 Å². The van der Waals surface area contributed by atoms with Gasteiger partial charge in [-0.15, -0.1) is 22.7 Å². The van der Waals surface area contributed by atoms with E-state index in [-0.39, 0.29) is 34.4 Å². The van der Waals surface area contributed by atoms with Gasteiger partial charge in [0.15, 0.2) is 11.4 Å². The van der Waals surface area contributed by atoms with Gasteiger partial charge >= 0.3 is 12.1 Å². The predicted octanol–water partition coefficient (Wildman–Crippen LogP) is 8.47. The van der Waals surface area contributed by atoms with Crippen molar-refractivity contribution < 1.29 is 28.8 Å². The van der Waals surface area contributed by atoms with E-state index in [2.05, 4.69) is 87.7 Å². The molecule has 0 saturated carbocycles. The van der Waals surface area contributed by atoms with Crippen molar-refractivity contribution in [3.8, 4) is 5.75 Å². The molecule has 4 fully saturated rings. The van der Waals surface area contributed by atoms with E-state index in [1.54, 1.807) is 0 Å². The van der Waals surface area contributed by atoms with Crippen LogP contribution in [-0.2, 0) is 13.1 Å². The van der Waals surface area contributed by atoms with Crippen molar-refractivity contribution in [2.75, 3.05) is 39.3 Å². The van der Waals surface area contributed by atoms with Gasteiger partial charge in [0.1, 0.15) is 5.75 Å². The normalized spacial score (nSPS) is 17.4. The summed E-state index contributed by atoms with van der Waals surface area (Å²) < 4.78 is 9.74. The molecule has 3 amide bonds. The maximum absolute atomic E-state index is 12.8. The number of nitrogens with one attached hydrogen (secondary N) is 1. The van der Waals surface area contributed by atoms with Crippen LogP contribution in [0.2, 0.25) is 0 Å². The number of non-ortho nitro benzene ring substituents is 1. The van der Waals surface area contributed by atoms with Gasteiger partial charge in [0.25, 0.3) is 17.5 Å². The molecule has 4 aliphatic heterocycles. The summed E-state index contributed by atoms with van der Waals surface area (Å²) in [6, 6.07) is 25.7. The van der Waals surface area contributed by atoms with Crippen molar-refractivity contribution >= 4 is 72.5 Å². The smallest absolute Gasteiger partial charge is 0.409 e. The summed E-state index contributed by atoms with van der Waals surface area (Å²) in [5, 5.41) is 24.4. The summed E-state index contributed by atoms with van der Waals surface area (Å²) in [6.45, 7) is 12.6. The Hall–Kier alpha value is -6.84. The quantitative estimate of drug-likeness (QED) is 0.0962. The van der Waals surface area contributed by atoms with Crippen molar-refractivity contribution in [2.45, 2.75) is 89.4 Å². The first-order chi connectivity index (χ1) is 34.7. The maximum atomic E-state index is 12.8. The van der Waals surface area contributed by atoms with E-state index >= 15 is 0 Å². The average Bonchev–Trinajstić information content (AvgIpc) is 4.25. The zero-order valence-electron chi connectivity index (χ0n) is 40.5. The van der Waals surface area contributed by atoms with Crippen molar-refractivity contribution in [1.82, 2.24) is 39.6 Å². The van der Waals surface area contributed by atoms with Gasteiger partial charge in [0.2, 0.25) is 0 Å². The summed E-state index contributed by atoms with van der Waals surface area (Å²) in [4.78, 5) is 66.7. The number of primary amides is 2. The van der Waals surface area contributed by atoms with E-state index in [4.69, 9.17) is 16.2 Å². The van der Waals surface area contributed by atoms with Gasteiger partial charge in [-0.25, -0.2) is 9.59 Å². The van der Waals surface area contributed by atoms with E-state index in [1.807, 2.05) is 27.6 Å². The Kier molecular flexibility index (Phi) is 15.0. The SMILES string of the molecule is Cc1ccc2cc(CN3CCCC34CCN(C(=O)n3ccc(C(N)=O)n3)CC4)sc2c1.Cc1ccc2cc(CN3CCCC34CCNCC4)sc2c1.NC(=O)c1ccn(C(=O)Oc2ccc([N+](=O)[O-])cc2)n1. The molecule has 18 nitrogen and oxygen atoms in total. The van der Waals surface area contributed by atoms with E-state index in [0.717, 1.165) is 37.2 Å². The number of aryl methyl sites for hydroxylation is 2. The number of amides is 3. The van der Waals surface area contributed by atoms with Crippen LogP contribution < -0.4 is 21.5 Å². The molecule has 3 aromatic carbocycles. The fourth-order valence-corrected chi connectivity index (χ4v) is 12.9. The average molecular weight is 1010 g/mol. The molecule has 0 aliphatic carbocycles. The minimum atomic E-state index is -0.869. The molecule has 2 spiro atoms. The zero-order chi connectivity index (χ0) is 50.6. The van der Waals surface area contributed by atoms with Gasteiger partial charge in [-0.3, -0.25) is 29.5 Å². The van der Waals surface area contributed by atoms with Gasteiger partial charge in [0.05, 0.1) is 4.92 Å². The molecule has 376 valence electrons. The third-order valence-electron chi connectivity index (χ3n) is 14.4. The zero-order valence-corrected chi connectivity index (χ0v) is 42.1. The lowest BCUT2D eigenvalue weighted by Gasteiger charge is -2.44. The van der Waals surface area contributed by atoms with Gasteiger partial charge < -0.3 is 26.4 Å². The highest BCUT2D eigenvalue weighted by atomic mass is 32.1. The molecular formula is C52H59N11O7S2. The summed E-state index contributed by atoms with van der Waals surface area (Å²) >= 11 is 3.89. The Bertz CT molecular complexity index is 3110. The van der Waals surface area contributed by atoms with Crippen molar-refractivity contribution in [3.05, 3.63) is 140 Å². The van der Waals surface area contributed by atoms with Gasteiger partial charge in [0, 0.05) is 80.9 Å². The Morgan fingerprint density at radius 3 is 1.67 bits per heavy atom. The summed E-state index contributed by atoms with van der Waals surface area (Å²) in [6.07, 6.45) is 11.6. The molecule has 11 rings (SSSR count). The summed E-state index contributed by atoms with van der Waals surface area (Å²) in [5.74, 6) is -1.29. The van der Waals surface area contributed by atoms with Crippen LogP contribution in [0.3, 0.4) is 0 Å². The maximum Gasteiger partial charge on any atom is 0.440 e. The first-order valence-corrected chi connectivity index (χ1v) is 26.0. The number of nitro groups is 1. The fourth-order valence-electron chi connectivity index (χ4n) is 10.6. The largest absolute Gasteiger partial charge is 0.440 e. The first kappa shape index (κ1) is 50.1. The molecule has 72 heavy (non-hydrogen) atoms. The second-order valence-corrected chi connectivity index (χ2v) is 21.5. The van der Waals surface area contributed by atoms with Crippen molar-refractivity contribution in [3.63, 3.8) is 0 Å². The van der Waals surface area contributed by atoms with Crippen LogP contribution >= 0.6 is 22.7 Å². The summed E-state index contributed by atoms with van der Waals surface area (Å²) in [5.41, 5.74) is 13.5. The van der Waals surface area contributed by atoms with E-state index in [1.165, 1.54) is 153 Å². The monoisotopic (exact) mass is 1010 g/mol. The van der Waals surface area contributed by atoms with Crippen LogP contribution in [0.5, 0.6) is 5.75 Å². The highest BCUT2D eigenvalue weighted by Crippen LogP contribution is 2.42. The second-order valence-electron chi connectivity index (χ2n) is 19.2.